The highest BCUT2D eigenvalue weighted by molar-refractivity contribution is 5.98. The number of benzene rings is 1. The molecule has 1 amide bonds. The zero-order valence-corrected chi connectivity index (χ0v) is 11.0. The molecule has 2 aromatic rings. The Labute approximate surface area is 116 Å². The molecule has 1 saturated heterocycles. The van der Waals surface area contributed by atoms with Crippen molar-refractivity contribution in [2.45, 2.75) is 12.8 Å². The number of nitrogens with zero attached hydrogens (tertiary/aromatic N) is 1. The first-order valence-corrected chi connectivity index (χ1v) is 6.75. The molecule has 0 aliphatic carbocycles. The second-order valence-corrected chi connectivity index (χ2v) is 5.20. The predicted octanol–water partition coefficient (Wildman–Crippen LogP) is 2.10. The van der Waals surface area contributed by atoms with E-state index >= 15 is 0 Å². The number of carboxylic acid groups (broad SMARTS) is 1. The van der Waals surface area contributed by atoms with Gasteiger partial charge in [0.15, 0.2) is 0 Å². The van der Waals surface area contributed by atoms with E-state index in [1.807, 2.05) is 30.3 Å². The molecule has 1 aliphatic rings. The maximum Gasteiger partial charge on any atom is 0.308 e. The number of piperidine rings is 1. The summed E-state index contributed by atoms with van der Waals surface area (Å²) in [6.45, 7) is 0.918. The number of carboxylic acids is 1. The predicted molar refractivity (Wildman–Crippen MR) is 74.6 cm³/mol. The molecule has 0 saturated carbocycles. The first kappa shape index (κ1) is 12.7. The highest BCUT2D eigenvalue weighted by Crippen LogP contribution is 2.21. The van der Waals surface area contributed by atoms with Crippen molar-refractivity contribution in [2.24, 2.45) is 5.92 Å². The van der Waals surface area contributed by atoms with E-state index in [0.29, 0.717) is 25.2 Å². The van der Waals surface area contributed by atoms with Crippen LogP contribution in [0.25, 0.3) is 10.9 Å². The molecule has 1 aliphatic heterocycles. The van der Waals surface area contributed by atoms with Gasteiger partial charge < -0.3 is 15.0 Å². The highest BCUT2D eigenvalue weighted by Gasteiger charge is 2.29. The van der Waals surface area contributed by atoms with E-state index in [9.17, 15) is 9.59 Å². The second-order valence-electron chi connectivity index (χ2n) is 5.20. The molecule has 1 aromatic carbocycles. The average Bonchev–Trinajstić information content (AvgIpc) is 2.90. The lowest BCUT2D eigenvalue weighted by Crippen LogP contribution is -2.42. The van der Waals surface area contributed by atoms with Crippen LogP contribution >= 0.6 is 0 Å². The number of amides is 1. The quantitative estimate of drug-likeness (QED) is 0.879. The Bertz CT molecular complexity index is 629. The molecule has 0 radical (unpaired) electrons. The van der Waals surface area contributed by atoms with Gasteiger partial charge in [-0.15, -0.1) is 0 Å². The number of hydrogen-bond donors (Lipinski definition) is 2. The number of carbonyl (C=O) groups is 2. The summed E-state index contributed by atoms with van der Waals surface area (Å²) in [5.74, 6) is -1.39. The Balaban J connectivity index is 1.82. The molecular formula is C15H16N2O3. The molecule has 1 fully saturated rings. The monoisotopic (exact) mass is 272 g/mol. The molecule has 0 bridgehead atoms. The van der Waals surface area contributed by atoms with Crippen molar-refractivity contribution >= 4 is 22.8 Å². The van der Waals surface area contributed by atoms with Crippen LogP contribution in [-0.2, 0) is 4.79 Å². The van der Waals surface area contributed by atoms with Crippen LogP contribution in [0, 0.1) is 5.92 Å². The van der Waals surface area contributed by atoms with Gasteiger partial charge in [-0.05, 0) is 25.0 Å². The topological polar surface area (TPSA) is 73.4 Å². The largest absolute Gasteiger partial charge is 0.481 e. The van der Waals surface area contributed by atoms with Crippen LogP contribution < -0.4 is 0 Å². The summed E-state index contributed by atoms with van der Waals surface area (Å²) in [4.78, 5) is 28.2. The smallest absolute Gasteiger partial charge is 0.308 e. The van der Waals surface area contributed by atoms with Crippen LogP contribution in [0.2, 0.25) is 0 Å². The molecule has 5 nitrogen and oxygen atoms in total. The molecule has 0 spiro atoms. The number of aliphatic carboxylic acids is 1. The molecule has 5 heteroatoms. The first-order chi connectivity index (χ1) is 9.65. The average molecular weight is 272 g/mol. The molecule has 2 heterocycles. The molecule has 104 valence electrons. The van der Waals surface area contributed by atoms with Gasteiger partial charge >= 0.3 is 5.97 Å². The number of rotatable bonds is 2. The molecular weight excluding hydrogens is 256 g/mol. The maximum atomic E-state index is 12.4. The number of para-hydroxylation sites is 1. The normalized spacial score (nSPS) is 19.2. The highest BCUT2D eigenvalue weighted by atomic mass is 16.4. The fourth-order valence-corrected chi connectivity index (χ4v) is 2.72. The second kappa shape index (κ2) is 5.00. The summed E-state index contributed by atoms with van der Waals surface area (Å²) in [5, 5.41) is 10.1. The van der Waals surface area contributed by atoms with Gasteiger partial charge in [-0.1, -0.05) is 18.2 Å². The fraction of sp³-hybridized carbons (Fsp3) is 0.333. The minimum Gasteiger partial charge on any atom is -0.481 e. The zero-order chi connectivity index (χ0) is 14.1. The van der Waals surface area contributed by atoms with Gasteiger partial charge in [0.2, 0.25) is 0 Å². The minimum absolute atomic E-state index is 0.118. The van der Waals surface area contributed by atoms with E-state index in [2.05, 4.69) is 4.98 Å². The molecule has 3 rings (SSSR count). The Morgan fingerprint density at radius 2 is 2.10 bits per heavy atom. The number of carbonyl (C=O) groups excluding carboxylic acids is 1. The van der Waals surface area contributed by atoms with Gasteiger partial charge in [0, 0.05) is 24.0 Å². The van der Waals surface area contributed by atoms with Crippen molar-refractivity contribution in [1.29, 1.82) is 0 Å². The van der Waals surface area contributed by atoms with Crippen molar-refractivity contribution in [3.63, 3.8) is 0 Å². The van der Waals surface area contributed by atoms with E-state index in [1.165, 1.54) is 0 Å². The van der Waals surface area contributed by atoms with Gasteiger partial charge in [-0.3, -0.25) is 9.59 Å². The lowest BCUT2D eigenvalue weighted by Gasteiger charge is -2.30. The van der Waals surface area contributed by atoms with Crippen molar-refractivity contribution < 1.29 is 14.7 Å². The third-order valence-corrected chi connectivity index (χ3v) is 3.82. The number of H-pyrrole nitrogens is 1. The van der Waals surface area contributed by atoms with Gasteiger partial charge in [0.25, 0.3) is 5.91 Å². The van der Waals surface area contributed by atoms with Crippen LogP contribution in [0.3, 0.4) is 0 Å². The summed E-state index contributed by atoms with van der Waals surface area (Å²) in [6.07, 6.45) is 1.38. The van der Waals surface area contributed by atoms with E-state index in [1.54, 1.807) is 4.90 Å². The standard InChI is InChI=1S/C15H16N2O3/c18-14(17-7-3-5-11(9-17)15(19)20)13-8-10-4-1-2-6-12(10)16-13/h1-2,4,6,8,11,16H,3,5,7,9H2,(H,19,20)/t11-/m1/s1. The lowest BCUT2D eigenvalue weighted by atomic mass is 9.98. The van der Waals surface area contributed by atoms with Gasteiger partial charge in [-0.25, -0.2) is 0 Å². The van der Waals surface area contributed by atoms with Gasteiger partial charge in [0.05, 0.1) is 5.92 Å². The minimum atomic E-state index is -0.820. The van der Waals surface area contributed by atoms with Gasteiger partial charge in [-0.2, -0.15) is 0 Å². The SMILES string of the molecule is O=C(O)[C@@H]1CCCN(C(=O)c2cc3ccccc3[nH]2)C1. The molecule has 1 aromatic heterocycles. The van der Waals surface area contributed by atoms with Crippen LogP contribution in [0.1, 0.15) is 23.3 Å². The first-order valence-electron chi connectivity index (χ1n) is 6.75. The number of nitrogens with one attached hydrogen (secondary N) is 1. The number of aromatic amines is 1. The molecule has 1 atom stereocenters. The number of hydrogen-bond acceptors (Lipinski definition) is 2. The molecule has 0 unspecified atom stereocenters. The van der Waals surface area contributed by atoms with Crippen LogP contribution in [0.4, 0.5) is 0 Å². The third-order valence-electron chi connectivity index (χ3n) is 3.82. The Hall–Kier alpha value is -2.30. The summed E-state index contributed by atoms with van der Waals surface area (Å²) < 4.78 is 0. The van der Waals surface area contributed by atoms with Crippen molar-refractivity contribution in [3.05, 3.63) is 36.0 Å². The lowest BCUT2D eigenvalue weighted by molar-refractivity contribution is -0.143. The number of likely N-dealkylation sites (tertiary alicyclic amines) is 1. The van der Waals surface area contributed by atoms with Crippen LogP contribution in [0.15, 0.2) is 30.3 Å². The molecule has 2 N–H and O–H groups in total. The summed E-state index contributed by atoms with van der Waals surface area (Å²) in [5.41, 5.74) is 1.44. The zero-order valence-electron chi connectivity index (χ0n) is 11.0. The van der Waals surface area contributed by atoms with E-state index < -0.39 is 11.9 Å². The van der Waals surface area contributed by atoms with E-state index in [4.69, 9.17) is 5.11 Å². The van der Waals surface area contributed by atoms with Crippen LogP contribution in [0.5, 0.6) is 0 Å². The Morgan fingerprint density at radius 3 is 2.85 bits per heavy atom. The summed E-state index contributed by atoms with van der Waals surface area (Å²) in [7, 11) is 0. The number of aromatic nitrogens is 1. The molecule has 20 heavy (non-hydrogen) atoms. The Morgan fingerprint density at radius 1 is 1.30 bits per heavy atom. The van der Waals surface area contributed by atoms with E-state index in [-0.39, 0.29) is 5.91 Å². The number of fused-ring (bicyclic) bond motifs is 1. The van der Waals surface area contributed by atoms with Crippen molar-refractivity contribution in [3.8, 4) is 0 Å². The van der Waals surface area contributed by atoms with Crippen molar-refractivity contribution in [1.82, 2.24) is 9.88 Å². The maximum absolute atomic E-state index is 12.4. The fourth-order valence-electron chi connectivity index (χ4n) is 2.72. The third kappa shape index (κ3) is 2.27. The van der Waals surface area contributed by atoms with E-state index in [0.717, 1.165) is 17.3 Å². The van der Waals surface area contributed by atoms with Crippen molar-refractivity contribution in [2.75, 3.05) is 13.1 Å². The summed E-state index contributed by atoms with van der Waals surface area (Å²) in [6, 6.07) is 9.52. The Kier molecular flexibility index (Phi) is 3.18. The van der Waals surface area contributed by atoms with Crippen LogP contribution in [-0.4, -0.2) is 40.0 Å². The summed E-state index contributed by atoms with van der Waals surface area (Å²) >= 11 is 0. The van der Waals surface area contributed by atoms with Gasteiger partial charge in [0.1, 0.15) is 5.69 Å².